The minimum absolute atomic E-state index is 0.214. The molecule has 1 aliphatic heterocycles. The predicted octanol–water partition coefficient (Wildman–Crippen LogP) is 5.62. The molecule has 1 aromatic heterocycles. The van der Waals surface area contributed by atoms with Crippen molar-refractivity contribution in [1.82, 2.24) is 4.90 Å². The summed E-state index contributed by atoms with van der Waals surface area (Å²) < 4.78 is 1.19. The Bertz CT molecular complexity index is 1200. The fourth-order valence-electron chi connectivity index (χ4n) is 3.46. The summed E-state index contributed by atoms with van der Waals surface area (Å²) in [7, 11) is 0. The molecule has 158 valence electrons. The first kappa shape index (κ1) is 22.1. The average Bonchev–Trinajstić information content (AvgIpc) is 3.11. The molecule has 0 saturated heterocycles. The smallest absolute Gasteiger partial charge is 0.331 e. The third-order valence-corrected chi connectivity index (χ3v) is 7.00. The van der Waals surface area contributed by atoms with E-state index in [-0.39, 0.29) is 5.56 Å². The molecule has 2 unspecified atom stereocenters. The van der Waals surface area contributed by atoms with Crippen molar-refractivity contribution in [2.24, 2.45) is 0 Å². The first-order valence-corrected chi connectivity index (χ1v) is 11.6. The standard InChI is InChI=1S/C21H13Cl2IN2O4S/c22-11-3-1-10(2-4-11)17(21(29)30)26-18(15-7-8-16(23)31-15)19(27)25-14-6-5-12(24)9-13(14)20(26)28/h1-9,17-18H,(H,25,27)(H,29,30). The summed E-state index contributed by atoms with van der Waals surface area (Å²) in [5.41, 5.74) is 0.858. The Labute approximate surface area is 204 Å². The van der Waals surface area contributed by atoms with Crippen LogP contribution in [0.3, 0.4) is 0 Å². The molecular formula is C21H13Cl2IN2O4S. The van der Waals surface area contributed by atoms with Crippen LogP contribution in [0.5, 0.6) is 0 Å². The van der Waals surface area contributed by atoms with E-state index in [1.165, 1.54) is 12.1 Å². The van der Waals surface area contributed by atoms with Crippen LogP contribution in [0.15, 0.2) is 54.6 Å². The van der Waals surface area contributed by atoms with Crippen LogP contribution < -0.4 is 5.32 Å². The third kappa shape index (κ3) is 4.30. The van der Waals surface area contributed by atoms with Crippen molar-refractivity contribution < 1.29 is 19.5 Å². The molecule has 4 rings (SSSR count). The summed E-state index contributed by atoms with van der Waals surface area (Å²) in [6.07, 6.45) is 0. The number of halogens is 3. The number of nitrogens with one attached hydrogen (secondary N) is 1. The van der Waals surface area contributed by atoms with Crippen molar-refractivity contribution in [3.05, 3.63) is 83.5 Å². The summed E-state index contributed by atoms with van der Waals surface area (Å²) in [5.74, 6) is -2.37. The number of hydrogen-bond acceptors (Lipinski definition) is 4. The lowest BCUT2D eigenvalue weighted by Crippen LogP contribution is -2.44. The van der Waals surface area contributed by atoms with Crippen LogP contribution in [-0.2, 0) is 9.59 Å². The van der Waals surface area contributed by atoms with Crippen LogP contribution in [0.1, 0.15) is 32.9 Å². The van der Waals surface area contributed by atoms with Crippen molar-refractivity contribution in [3.63, 3.8) is 0 Å². The van der Waals surface area contributed by atoms with Gasteiger partial charge in [-0.1, -0.05) is 35.3 Å². The van der Waals surface area contributed by atoms with Gasteiger partial charge in [0, 0.05) is 13.5 Å². The van der Waals surface area contributed by atoms with Crippen molar-refractivity contribution in [3.8, 4) is 0 Å². The number of carbonyl (C=O) groups excluding carboxylic acids is 2. The molecule has 3 aromatic rings. The molecule has 1 aliphatic rings. The van der Waals surface area contributed by atoms with E-state index in [2.05, 4.69) is 27.9 Å². The van der Waals surface area contributed by atoms with Gasteiger partial charge in [-0.25, -0.2) is 4.79 Å². The van der Waals surface area contributed by atoms with Crippen LogP contribution >= 0.6 is 57.1 Å². The van der Waals surface area contributed by atoms with Gasteiger partial charge in [0.1, 0.15) is 6.04 Å². The van der Waals surface area contributed by atoms with E-state index in [1.54, 1.807) is 42.5 Å². The highest BCUT2D eigenvalue weighted by Gasteiger charge is 2.44. The van der Waals surface area contributed by atoms with E-state index in [0.29, 0.717) is 25.5 Å². The molecule has 2 aromatic carbocycles. The Morgan fingerprint density at radius 1 is 1.10 bits per heavy atom. The Morgan fingerprint density at radius 3 is 2.42 bits per heavy atom. The zero-order chi connectivity index (χ0) is 22.3. The van der Waals surface area contributed by atoms with E-state index < -0.39 is 29.9 Å². The summed E-state index contributed by atoms with van der Waals surface area (Å²) in [6, 6.07) is 11.8. The van der Waals surface area contributed by atoms with Gasteiger partial charge >= 0.3 is 5.97 Å². The Balaban J connectivity index is 1.95. The fourth-order valence-corrected chi connectivity index (χ4v) is 5.24. The van der Waals surface area contributed by atoms with Crippen LogP contribution in [0.25, 0.3) is 0 Å². The van der Waals surface area contributed by atoms with Crippen molar-refractivity contribution >= 4 is 80.6 Å². The lowest BCUT2D eigenvalue weighted by molar-refractivity contribution is -0.144. The highest BCUT2D eigenvalue weighted by molar-refractivity contribution is 14.1. The van der Waals surface area contributed by atoms with E-state index in [4.69, 9.17) is 23.2 Å². The molecule has 0 aliphatic carbocycles. The number of carboxylic acids is 1. The van der Waals surface area contributed by atoms with Gasteiger partial charge in [0.2, 0.25) is 0 Å². The molecule has 2 heterocycles. The van der Waals surface area contributed by atoms with Crippen molar-refractivity contribution in [2.45, 2.75) is 12.1 Å². The van der Waals surface area contributed by atoms with E-state index >= 15 is 0 Å². The molecule has 10 heteroatoms. The van der Waals surface area contributed by atoms with Gasteiger partial charge in [-0.05, 0) is 70.6 Å². The van der Waals surface area contributed by atoms with Gasteiger partial charge in [-0.2, -0.15) is 0 Å². The maximum absolute atomic E-state index is 13.7. The van der Waals surface area contributed by atoms with Crippen LogP contribution in [0.2, 0.25) is 9.36 Å². The van der Waals surface area contributed by atoms with Crippen molar-refractivity contribution in [2.75, 3.05) is 5.32 Å². The topological polar surface area (TPSA) is 86.7 Å². The van der Waals surface area contributed by atoms with Crippen molar-refractivity contribution in [1.29, 1.82) is 0 Å². The molecule has 2 amide bonds. The highest BCUT2D eigenvalue weighted by Crippen LogP contribution is 2.40. The normalized spacial score (nSPS) is 17.0. The lowest BCUT2D eigenvalue weighted by Gasteiger charge is -2.33. The molecule has 0 radical (unpaired) electrons. The zero-order valence-electron chi connectivity index (χ0n) is 15.5. The Kier molecular flexibility index (Phi) is 6.25. The second-order valence-corrected chi connectivity index (χ2v) is 10.2. The highest BCUT2D eigenvalue weighted by atomic mass is 127. The molecule has 6 nitrogen and oxygen atoms in total. The minimum Gasteiger partial charge on any atom is -0.479 e. The minimum atomic E-state index is -1.43. The molecule has 2 atom stereocenters. The van der Waals surface area contributed by atoms with E-state index in [1.807, 2.05) is 0 Å². The number of anilines is 1. The maximum atomic E-state index is 13.7. The van der Waals surface area contributed by atoms with Gasteiger partial charge in [0.25, 0.3) is 11.8 Å². The lowest BCUT2D eigenvalue weighted by atomic mass is 10.0. The average molecular weight is 587 g/mol. The number of fused-ring (bicyclic) bond motifs is 1. The maximum Gasteiger partial charge on any atom is 0.331 e. The predicted molar refractivity (Wildman–Crippen MR) is 128 cm³/mol. The van der Waals surface area contributed by atoms with E-state index in [9.17, 15) is 19.5 Å². The second-order valence-electron chi connectivity index (χ2n) is 6.73. The van der Waals surface area contributed by atoms with E-state index in [0.717, 1.165) is 19.8 Å². The number of amides is 2. The number of thiophene rings is 1. The number of nitrogens with zero attached hydrogens (tertiary/aromatic N) is 1. The summed E-state index contributed by atoms with van der Waals surface area (Å²) >= 11 is 15.2. The molecule has 0 bridgehead atoms. The molecule has 0 spiro atoms. The van der Waals surface area contributed by atoms with Crippen LogP contribution in [0.4, 0.5) is 5.69 Å². The quantitative estimate of drug-likeness (QED) is 0.388. The Hall–Kier alpha value is -2.14. The third-order valence-electron chi connectivity index (χ3n) is 4.79. The van der Waals surface area contributed by atoms with Gasteiger partial charge < -0.3 is 15.3 Å². The van der Waals surface area contributed by atoms with Crippen LogP contribution in [0, 0.1) is 3.57 Å². The molecule has 0 fully saturated rings. The summed E-state index contributed by atoms with van der Waals surface area (Å²) in [6.45, 7) is 0. The largest absolute Gasteiger partial charge is 0.479 e. The number of aliphatic carboxylic acids is 1. The number of benzene rings is 2. The summed E-state index contributed by atoms with van der Waals surface area (Å²) in [4.78, 5) is 41.0. The van der Waals surface area contributed by atoms with Gasteiger partial charge in [0.15, 0.2) is 6.04 Å². The van der Waals surface area contributed by atoms with Crippen LogP contribution in [-0.4, -0.2) is 27.8 Å². The molecule has 0 saturated carbocycles. The number of carbonyl (C=O) groups is 3. The number of rotatable bonds is 4. The Morgan fingerprint density at radius 2 is 1.81 bits per heavy atom. The van der Waals surface area contributed by atoms with Gasteiger partial charge in [-0.15, -0.1) is 11.3 Å². The SMILES string of the molecule is O=C(O)C(c1ccc(Cl)cc1)N1C(=O)c2cc(I)ccc2NC(=O)C1c1ccc(Cl)s1. The first-order chi connectivity index (χ1) is 14.8. The molecule has 2 N–H and O–H groups in total. The monoisotopic (exact) mass is 586 g/mol. The first-order valence-electron chi connectivity index (χ1n) is 8.93. The number of hydrogen-bond donors (Lipinski definition) is 2. The molecular weight excluding hydrogens is 574 g/mol. The fraction of sp³-hybridized carbons (Fsp3) is 0.0952. The molecule has 31 heavy (non-hydrogen) atoms. The zero-order valence-corrected chi connectivity index (χ0v) is 20.0. The number of carboxylic acid groups (broad SMARTS) is 1. The van der Waals surface area contributed by atoms with Gasteiger partial charge in [0.05, 0.1) is 15.6 Å². The van der Waals surface area contributed by atoms with Gasteiger partial charge in [-0.3, -0.25) is 9.59 Å². The second kappa shape index (κ2) is 8.78. The summed E-state index contributed by atoms with van der Waals surface area (Å²) in [5, 5.41) is 13.3.